The average molecular weight is 423 g/mol. The minimum atomic E-state index is -0.620. The molecule has 0 aliphatic carbocycles. The Bertz CT molecular complexity index is 916. The lowest BCUT2D eigenvalue weighted by atomic mass is 10.0. The predicted molar refractivity (Wildman–Crippen MR) is 127 cm³/mol. The molecule has 3 rings (SSSR count). The molecule has 2 N–H and O–H groups in total. The first-order valence-electron chi connectivity index (χ1n) is 11.0. The summed E-state index contributed by atoms with van der Waals surface area (Å²) in [4.78, 5) is 30.3. The molecular formula is C25H34N4O2. The molecule has 1 aliphatic heterocycles. The molecule has 2 aromatic rings. The van der Waals surface area contributed by atoms with Gasteiger partial charge in [-0.15, -0.1) is 0 Å². The van der Waals surface area contributed by atoms with Crippen molar-refractivity contribution in [2.75, 3.05) is 43.4 Å². The number of amides is 2. The third-order valence-corrected chi connectivity index (χ3v) is 5.89. The molecule has 1 aliphatic rings. The molecular weight excluding hydrogens is 388 g/mol. The lowest BCUT2D eigenvalue weighted by molar-refractivity contribution is -0.118. The van der Waals surface area contributed by atoms with Crippen molar-refractivity contribution in [1.82, 2.24) is 10.2 Å². The monoisotopic (exact) mass is 422 g/mol. The molecule has 0 aromatic heterocycles. The zero-order valence-electron chi connectivity index (χ0n) is 19.2. The van der Waals surface area contributed by atoms with E-state index in [-0.39, 0.29) is 17.7 Å². The molecule has 0 bridgehead atoms. The lowest BCUT2D eigenvalue weighted by Gasteiger charge is -2.34. The number of carbonyl (C=O) groups excluding carboxylic acids is 2. The van der Waals surface area contributed by atoms with Gasteiger partial charge in [0.2, 0.25) is 5.91 Å². The van der Waals surface area contributed by atoms with Crippen molar-refractivity contribution in [3.05, 3.63) is 59.2 Å². The maximum atomic E-state index is 13.0. The van der Waals surface area contributed by atoms with E-state index in [1.54, 1.807) is 12.1 Å². The predicted octanol–water partition coefficient (Wildman–Crippen LogP) is 3.45. The fraction of sp³-hybridized carbons (Fsp3) is 0.440. The summed E-state index contributed by atoms with van der Waals surface area (Å²) in [6, 6.07) is 12.9. The van der Waals surface area contributed by atoms with Gasteiger partial charge >= 0.3 is 0 Å². The maximum absolute atomic E-state index is 13.0. The van der Waals surface area contributed by atoms with E-state index in [0.717, 1.165) is 43.0 Å². The highest BCUT2D eigenvalue weighted by Gasteiger charge is 2.25. The van der Waals surface area contributed by atoms with E-state index in [4.69, 9.17) is 0 Å². The fourth-order valence-corrected chi connectivity index (χ4v) is 3.72. The number of hydrogen-bond donors (Lipinski definition) is 2. The summed E-state index contributed by atoms with van der Waals surface area (Å²) in [7, 11) is 2.14. The van der Waals surface area contributed by atoms with E-state index >= 15 is 0 Å². The Kier molecular flexibility index (Phi) is 7.33. The van der Waals surface area contributed by atoms with E-state index in [9.17, 15) is 9.59 Å². The van der Waals surface area contributed by atoms with Crippen molar-refractivity contribution in [2.24, 2.45) is 5.92 Å². The molecule has 2 amide bonds. The first-order valence-corrected chi connectivity index (χ1v) is 11.0. The number of aryl methyl sites for hydroxylation is 2. The standard InChI is InChI=1S/C25H34N4O2/c1-17(2)23(27-24(30)20-8-6-18(3)7-9-20)25(31)26-22-11-10-21(16-19(22)4)29-14-12-28(5)13-15-29/h6-11,16-17,23H,12-15H2,1-5H3,(H,26,31)(H,27,30). The number of hydrogen-bond acceptors (Lipinski definition) is 4. The molecule has 1 atom stereocenters. The van der Waals surface area contributed by atoms with Crippen LogP contribution in [0.15, 0.2) is 42.5 Å². The van der Waals surface area contributed by atoms with Gasteiger partial charge in [0, 0.05) is 43.1 Å². The van der Waals surface area contributed by atoms with Crippen molar-refractivity contribution in [2.45, 2.75) is 33.7 Å². The van der Waals surface area contributed by atoms with Crippen molar-refractivity contribution in [1.29, 1.82) is 0 Å². The Labute approximate surface area is 185 Å². The zero-order valence-corrected chi connectivity index (χ0v) is 19.2. The topological polar surface area (TPSA) is 64.7 Å². The van der Waals surface area contributed by atoms with Gasteiger partial charge in [0.15, 0.2) is 0 Å². The smallest absolute Gasteiger partial charge is 0.251 e. The number of benzene rings is 2. The Morgan fingerprint density at radius 3 is 2.16 bits per heavy atom. The van der Waals surface area contributed by atoms with Crippen LogP contribution in [0.25, 0.3) is 0 Å². The highest BCUT2D eigenvalue weighted by molar-refractivity contribution is 6.01. The Balaban J connectivity index is 1.67. The normalized spacial score (nSPS) is 15.6. The SMILES string of the molecule is Cc1ccc(C(=O)NC(C(=O)Nc2ccc(N3CCN(C)CC3)cc2C)C(C)C)cc1. The van der Waals surface area contributed by atoms with Crippen LogP contribution >= 0.6 is 0 Å². The number of nitrogens with zero attached hydrogens (tertiary/aromatic N) is 2. The second-order valence-electron chi connectivity index (χ2n) is 8.84. The van der Waals surface area contributed by atoms with Gasteiger partial charge in [-0.05, 0) is 62.7 Å². The lowest BCUT2D eigenvalue weighted by Crippen LogP contribution is -2.47. The summed E-state index contributed by atoms with van der Waals surface area (Å²) in [6.45, 7) is 12.0. The maximum Gasteiger partial charge on any atom is 0.251 e. The van der Waals surface area contributed by atoms with Gasteiger partial charge in [0.05, 0.1) is 0 Å². The van der Waals surface area contributed by atoms with E-state index < -0.39 is 6.04 Å². The Hall–Kier alpha value is -2.86. The molecule has 6 heteroatoms. The van der Waals surface area contributed by atoms with Gasteiger partial charge in [-0.1, -0.05) is 31.5 Å². The molecule has 1 fully saturated rings. The van der Waals surface area contributed by atoms with Gasteiger partial charge in [-0.3, -0.25) is 9.59 Å². The van der Waals surface area contributed by atoms with Crippen LogP contribution in [-0.2, 0) is 4.79 Å². The van der Waals surface area contributed by atoms with Crippen LogP contribution in [0.5, 0.6) is 0 Å². The number of piperazine rings is 1. The van der Waals surface area contributed by atoms with Crippen LogP contribution in [0.4, 0.5) is 11.4 Å². The summed E-state index contributed by atoms with van der Waals surface area (Å²) >= 11 is 0. The van der Waals surface area contributed by atoms with Gasteiger partial charge in [0.25, 0.3) is 5.91 Å². The fourth-order valence-electron chi connectivity index (χ4n) is 3.72. The highest BCUT2D eigenvalue weighted by atomic mass is 16.2. The average Bonchev–Trinajstić information content (AvgIpc) is 2.74. The van der Waals surface area contributed by atoms with Crippen LogP contribution in [0, 0.1) is 19.8 Å². The Morgan fingerprint density at radius 1 is 0.935 bits per heavy atom. The van der Waals surface area contributed by atoms with Gasteiger partial charge in [0.1, 0.15) is 6.04 Å². The van der Waals surface area contributed by atoms with Gasteiger partial charge in [-0.25, -0.2) is 0 Å². The molecule has 166 valence electrons. The molecule has 1 saturated heterocycles. The van der Waals surface area contributed by atoms with E-state index in [1.165, 1.54) is 5.69 Å². The summed E-state index contributed by atoms with van der Waals surface area (Å²) in [5.74, 6) is -0.485. The second-order valence-corrected chi connectivity index (χ2v) is 8.84. The first kappa shape index (κ1) is 22.8. The van der Waals surface area contributed by atoms with E-state index in [1.807, 2.05) is 45.9 Å². The van der Waals surface area contributed by atoms with Crippen LogP contribution in [0.2, 0.25) is 0 Å². The third-order valence-electron chi connectivity index (χ3n) is 5.89. The van der Waals surface area contributed by atoms with E-state index in [0.29, 0.717) is 5.56 Å². The van der Waals surface area contributed by atoms with Crippen LogP contribution in [0.1, 0.15) is 35.3 Å². The van der Waals surface area contributed by atoms with Crippen molar-refractivity contribution in [3.8, 4) is 0 Å². The zero-order chi connectivity index (χ0) is 22.5. The van der Waals surface area contributed by atoms with Crippen LogP contribution < -0.4 is 15.5 Å². The number of likely N-dealkylation sites (N-methyl/N-ethyl adjacent to an activating group) is 1. The van der Waals surface area contributed by atoms with Crippen LogP contribution in [0.3, 0.4) is 0 Å². The summed E-state index contributed by atoms with van der Waals surface area (Å²) in [5.41, 5.74) is 4.61. The van der Waals surface area contributed by atoms with Crippen molar-refractivity contribution in [3.63, 3.8) is 0 Å². The van der Waals surface area contributed by atoms with Crippen molar-refractivity contribution < 1.29 is 9.59 Å². The largest absolute Gasteiger partial charge is 0.369 e. The number of carbonyl (C=O) groups is 2. The highest BCUT2D eigenvalue weighted by Crippen LogP contribution is 2.24. The van der Waals surface area contributed by atoms with Crippen LogP contribution in [-0.4, -0.2) is 56.0 Å². The Morgan fingerprint density at radius 2 is 1.58 bits per heavy atom. The minimum absolute atomic E-state index is 0.0423. The summed E-state index contributed by atoms with van der Waals surface area (Å²) < 4.78 is 0. The molecule has 1 heterocycles. The number of anilines is 2. The molecule has 0 spiro atoms. The third kappa shape index (κ3) is 5.85. The quantitative estimate of drug-likeness (QED) is 0.748. The van der Waals surface area contributed by atoms with Crippen molar-refractivity contribution >= 4 is 23.2 Å². The van der Waals surface area contributed by atoms with E-state index in [2.05, 4.69) is 39.6 Å². The van der Waals surface area contributed by atoms with Gasteiger partial charge in [-0.2, -0.15) is 0 Å². The minimum Gasteiger partial charge on any atom is -0.369 e. The van der Waals surface area contributed by atoms with Gasteiger partial charge < -0.3 is 20.4 Å². The number of rotatable bonds is 6. The molecule has 1 unspecified atom stereocenters. The second kappa shape index (κ2) is 9.96. The summed E-state index contributed by atoms with van der Waals surface area (Å²) in [5, 5.41) is 5.91. The number of nitrogens with one attached hydrogen (secondary N) is 2. The molecule has 0 saturated carbocycles. The molecule has 6 nitrogen and oxygen atoms in total. The molecule has 2 aromatic carbocycles. The first-order chi connectivity index (χ1) is 14.7. The summed E-state index contributed by atoms with van der Waals surface area (Å²) in [6.07, 6.45) is 0. The molecule has 0 radical (unpaired) electrons. The molecule has 31 heavy (non-hydrogen) atoms.